The van der Waals surface area contributed by atoms with Crippen molar-refractivity contribution in [1.29, 1.82) is 0 Å². The van der Waals surface area contributed by atoms with Gasteiger partial charge in [0.15, 0.2) is 0 Å². The van der Waals surface area contributed by atoms with Crippen LogP contribution in [0.3, 0.4) is 0 Å². The van der Waals surface area contributed by atoms with E-state index in [-0.39, 0.29) is 18.7 Å². The number of hydrogen-bond donors (Lipinski definition) is 3. The summed E-state index contributed by atoms with van der Waals surface area (Å²) in [5.74, 6) is 0.419. The van der Waals surface area contributed by atoms with Crippen LogP contribution in [-0.2, 0) is 4.74 Å². The van der Waals surface area contributed by atoms with Crippen molar-refractivity contribution in [2.45, 2.75) is 77.5 Å². The van der Waals surface area contributed by atoms with Crippen molar-refractivity contribution >= 4 is 6.09 Å². The highest BCUT2D eigenvalue weighted by molar-refractivity contribution is 5.68. The van der Waals surface area contributed by atoms with Gasteiger partial charge in [-0.15, -0.1) is 0 Å². The van der Waals surface area contributed by atoms with Gasteiger partial charge in [-0.1, -0.05) is 13.3 Å². The molecule has 0 spiro atoms. The Hall–Kier alpha value is -0.850. The Bertz CT molecular complexity index is 387. The molecule has 2 unspecified atom stereocenters. The van der Waals surface area contributed by atoms with Crippen LogP contribution < -0.4 is 5.32 Å². The predicted octanol–water partition coefficient (Wildman–Crippen LogP) is 2.14. The first-order valence-electron chi connectivity index (χ1n) is 9.16. The third-order valence-electron chi connectivity index (χ3n) is 4.91. The number of nitrogens with zero attached hydrogens (tertiary/aromatic N) is 1. The topological polar surface area (TPSA) is 82.0 Å². The number of amides is 1. The van der Waals surface area contributed by atoms with Gasteiger partial charge in [-0.3, -0.25) is 0 Å². The van der Waals surface area contributed by atoms with Crippen molar-refractivity contribution in [2.75, 3.05) is 26.2 Å². The highest BCUT2D eigenvalue weighted by Crippen LogP contribution is 2.27. The third kappa shape index (κ3) is 6.57. The van der Waals surface area contributed by atoms with Gasteiger partial charge in [0, 0.05) is 25.7 Å². The molecule has 0 radical (unpaired) electrons. The molecule has 2 atom stereocenters. The summed E-state index contributed by atoms with van der Waals surface area (Å²) in [4.78, 5) is 13.8. The molecule has 1 fully saturated rings. The van der Waals surface area contributed by atoms with E-state index in [1.165, 1.54) is 0 Å². The first kappa shape index (κ1) is 21.2. The van der Waals surface area contributed by atoms with Crippen LogP contribution in [-0.4, -0.2) is 64.7 Å². The molecule has 6 heteroatoms. The van der Waals surface area contributed by atoms with E-state index >= 15 is 0 Å². The zero-order valence-electron chi connectivity index (χ0n) is 16.0. The molecular weight excluding hydrogens is 308 g/mol. The van der Waals surface area contributed by atoms with Crippen molar-refractivity contribution in [3.63, 3.8) is 0 Å². The Morgan fingerprint density at radius 2 is 1.92 bits per heavy atom. The second-order valence-corrected chi connectivity index (χ2v) is 7.99. The van der Waals surface area contributed by atoms with Gasteiger partial charge in [0.05, 0.1) is 5.60 Å². The van der Waals surface area contributed by atoms with Gasteiger partial charge in [-0.2, -0.15) is 0 Å². The summed E-state index contributed by atoms with van der Waals surface area (Å²) in [5, 5.41) is 23.4. The normalized spacial score (nSPS) is 20.5. The van der Waals surface area contributed by atoms with E-state index in [0.717, 1.165) is 19.4 Å². The molecule has 0 aromatic carbocycles. The number of hydrogen-bond acceptors (Lipinski definition) is 5. The van der Waals surface area contributed by atoms with E-state index in [0.29, 0.717) is 31.8 Å². The highest BCUT2D eigenvalue weighted by atomic mass is 16.6. The monoisotopic (exact) mass is 344 g/mol. The summed E-state index contributed by atoms with van der Waals surface area (Å²) in [6, 6.07) is -0.0500. The van der Waals surface area contributed by atoms with Crippen LogP contribution in [0.25, 0.3) is 0 Å². The molecule has 6 nitrogen and oxygen atoms in total. The second-order valence-electron chi connectivity index (χ2n) is 7.99. The lowest BCUT2D eigenvalue weighted by Crippen LogP contribution is -2.57. The molecular formula is C18H36N2O4. The van der Waals surface area contributed by atoms with Crippen molar-refractivity contribution in [3.8, 4) is 0 Å². The number of aliphatic hydroxyl groups excluding tert-OH is 1. The molecule has 142 valence electrons. The molecule has 1 saturated heterocycles. The largest absolute Gasteiger partial charge is 0.444 e. The van der Waals surface area contributed by atoms with Crippen molar-refractivity contribution in [1.82, 2.24) is 10.2 Å². The molecule has 1 aliphatic heterocycles. The minimum absolute atomic E-state index is 0.0500. The van der Waals surface area contributed by atoms with Gasteiger partial charge < -0.3 is 25.2 Å². The number of carbonyl (C=O) groups excluding carboxylic acids is 1. The SMILES string of the molecule is CCC(CCO)CNC(C)C1(O)CCN(C(=O)OC(C)(C)C)CC1. The number of nitrogens with one attached hydrogen (secondary N) is 1. The average Bonchev–Trinajstić information content (AvgIpc) is 2.50. The fourth-order valence-corrected chi connectivity index (χ4v) is 3.00. The number of rotatable bonds is 7. The summed E-state index contributed by atoms with van der Waals surface area (Å²) < 4.78 is 5.39. The van der Waals surface area contributed by atoms with Crippen LogP contribution in [0.1, 0.15) is 60.3 Å². The lowest BCUT2D eigenvalue weighted by molar-refractivity contribution is -0.0513. The number of aliphatic hydroxyl groups is 2. The van der Waals surface area contributed by atoms with Crippen LogP contribution in [0.2, 0.25) is 0 Å². The molecule has 0 aliphatic carbocycles. The summed E-state index contributed by atoms with van der Waals surface area (Å²) in [5.41, 5.74) is -1.31. The minimum atomic E-state index is -0.810. The first-order chi connectivity index (χ1) is 11.1. The van der Waals surface area contributed by atoms with E-state index in [2.05, 4.69) is 12.2 Å². The lowest BCUT2D eigenvalue weighted by atomic mass is 9.85. The molecule has 1 aliphatic rings. The first-order valence-corrected chi connectivity index (χ1v) is 9.16. The van der Waals surface area contributed by atoms with Gasteiger partial charge in [-0.25, -0.2) is 4.79 Å². The molecule has 1 amide bonds. The summed E-state index contributed by atoms with van der Waals surface area (Å²) in [6.07, 6.45) is 2.56. The summed E-state index contributed by atoms with van der Waals surface area (Å²) >= 11 is 0. The Labute approximate surface area is 146 Å². The number of ether oxygens (including phenoxy) is 1. The Balaban J connectivity index is 2.47. The van der Waals surface area contributed by atoms with Gasteiger partial charge in [-0.05, 0) is 59.4 Å². The average molecular weight is 344 g/mol. The zero-order valence-corrected chi connectivity index (χ0v) is 16.0. The van der Waals surface area contributed by atoms with Crippen LogP contribution in [0.15, 0.2) is 0 Å². The van der Waals surface area contributed by atoms with E-state index in [1.807, 2.05) is 27.7 Å². The molecule has 24 heavy (non-hydrogen) atoms. The second kappa shape index (κ2) is 9.02. The number of piperidine rings is 1. The van der Waals surface area contributed by atoms with Crippen LogP contribution in [0.5, 0.6) is 0 Å². The van der Waals surface area contributed by atoms with Crippen molar-refractivity contribution < 1.29 is 19.7 Å². The Morgan fingerprint density at radius 1 is 1.33 bits per heavy atom. The van der Waals surface area contributed by atoms with E-state index in [1.54, 1.807) is 4.90 Å². The van der Waals surface area contributed by atoms with E-state index in [4.69, 9.17) is 9.84 Å². The van der Waals surface area contributed by atoms with Gasteiger partial charge in [0.25, 0.3) is 0 Å². The maximum absolute atomic E-state index is 12.1. The lowest BCUT2D eigenvalue weighted by Gasteiger charge is -2.42. The summed E-state index contributed by atoms with van der Waals surface area (Å²) in [7, 11) is 0. The van der Waals surface area contributed by atoms with Crippen molar-refractivity contribution in [2.24, 2.45) is 5.92 Å². The van der Waals surface area contributed by atoms with Gasteiger partial charge in [0.1, 0.15) is 5.60 Å². The van der Waals surface area contributed by atoms with E-state index < -0.39 is 11.2 Å². The van der Waals surface area contributed by atoms with Gasteiger partial charge >= 0.3 is 6.09 Å². The zero-order chi connectivity index (χ0) is 18.4. The third-order valence-corrected chi connectivity index (χ3v) is 4.91. The Kier molecular flexibility index (Phi) is 7.96. The maximum Gasteiger partial charge on any atom is 0.410 e. The molecule has 0 bridgehead atoms. The number of carbonyl (C=O) groups is 1. The van der Waals surface area contributed by atoms with Crippen LogP contribution >= 0.6 is 0 Å². The maximum atomic E-state index is 12.1. The Morgan fingerprint density at radius 3 is 2.38 bits per heavy atom. The minimum Gasteiger partial charge on any atom is -0.444 e. The van der Waals surface area contributed by atoms with Gasteiger partial charge in [0.2, 0.25) is 0 Å². The highest BCUT2D eigenvalue weighted by Gasteiger charge is 2.39. The summed E-state index contributed by atoms with van der Waals surface area (Å²) in [6.45, 7) is 11.7. The predicted molar refractivity (Wildman–Crippen MR) is 94.9 cm³/mol. The fourth-order valence-electron chi connectivity index (χ4n) is 3.00. The van der Waals surface area contributed by atoms with Crippen LogP contribution in [0, 0.1) is 5.92 Å². The smallest absolute Gasteiger partial charge is 0.410 e. The quantitative estimate of drug-likeness (QED) is 0.659. The number of likely N-dealkylation sites (tertiary alicyclic amines) is 1. The molecule has 3 N–H and O–H groups in total. The molecule has 0 saturated carbocycles. The molecule has 1 rings (SSSR count). The molecule has 0 aromatic heterocycles. The molecule has 0 aromatic rings. The molecule has 1 heterocycles. The standard InChI is InChI=1S/C18H36N2O4/c1-6-15(7-12-21)13-19-14(2)18(23)8-10-20(11-9-18)16(22)24-17(3,4)5/h14-15,19,21,23H,6-13H2,1-5H3. The van der Waals surface area contributed by atoms with Crippen LogP contribution in [0.4, 0.5) is 4.79 Å². The van der Waals surface area contributed by atoms with Crippen molar-refractivity contribution in [3.05, 3.63) is 0 Å². The fraction of sp³-hybridized carbons (Fsp3) is 0.944. The van der Waals surface area contributed by atoms with E-state index in [9.17, 15) is 9.90 Å².